The van der Waals surface area contributed by atoms with Crippen molar-refractivity contribution >= 4 is 81.8 Å². The van der Waals surface area contributed by atoms with Gasteiger partial charge in [-0.05, 0) is 63.0 Å². The van der Waals surface area contributed by atoms with Crippen LogP contribution in [0.15, 0.2) is 46.5 Å². The van der Waals surface area contributed by atoms with Gasteiger partial charge in [-0.2, -0.15) is 26.3 Å². The largest absolute Gasteiger partial charge is 0.416 e. The molecule has 3 rings (SSSR count). The van der Waals surface area contributed by atoms with Gasteiger partial charge in [0.05, 0.1) is 43.7 Å². The molecule has 0 unspecified atom stereocenters. The zero-order chi connectivity index (χ0) is 46.0. The highest BCUT2D eigenvalue weighted by molar-refractivity contribution is 7.99. The molecular formula is C36H46F6N14O4S2. The lowest BCUT2D eigenvalue weighted by Crippen LogP contribution is -2.31. The Morgan fingerprint density at radius 3 is 1.26 bits per heavy atom. The first-order chi connectivity index (χ1) is 29.2. The Balaban J connectivity index is 2.04. The third-order valence-corrected chi connectivity index (χ3v) is 10.3. The molecule has 0 radical (unpaired) electrons. The van der Waals surface area contributed by atoms with Crippen molar-refractivity contribution < 1.29 is 45.5 Å². The number of rotatable bonds is 22. The Morgan fingerprint density at radius 1 is 0.581 bits per heavy atom. The molecule has 1 heterocycles. The Bertz CT molecular complexity index is 1950. The van der Waals surface area contributed by atoms with Crippen molar-refractivity contribution in [3.8, 4) is 0 Å². The maximum atomic E-state index is 14.2. The molecular weight excluding hydrogens is 871 g/mol. The van der Waals surface area contributed by atoms with Crippen LogP contribution >= 0.6 is 23.5 Å². The minimum atomic E-state index is -4.95. The molecule has 0 spiro atoms. The third-order valence-electron chi connectivity index (χ3n) is 8.05. The van der Waals surface area contributed by atoms with Gasteiger partial charge in [-0.15, -0.1) is 23.5 Å². The van der Waals surface area contributed by atoms with Crippen LogP contribution in [0.3, 0.4) is 0 Å². The predicted molar refractivity (Wildman–Crippen MR) is 225 cm³/mol. The number of alkyl halides is 6. The van der Waals surface area contributed by atoms with Crippen molar-refractivity contribution in [3.63, 3.8) is 0 Å². The topological polar surface area (TPSA) is 318 Å². The lowest BCUT2D eigenvalue weighted by Gasteiger charge is -2.20. The van der Waals surface area contributed by atoms with Crippen molar-refractivity contribution in [1.82, 2.24) is 20.6 Å². The summed E-state index contributed by atoms with van der Waals surface area (Å²) in [5.74, 6) is -4.12. The number of unbranched alkanes of at least 4 members (excludes halogenated alkanes) is 2. The molecule has 26 heteroatoms. The van der Waals surface area contributed by atoms with Gasteiger partial charge in [0.1, 0.15) is 17.7 Å². The van der Waals surface area contributed by atoms with Crippen molar-refractivity contribution in [1.29, 1.82) is 10.8 Å². The molecule has 3 aromatic rings. The maximum absolute atomic E-state index is 14.2. The minimum absolute atomic E-state index is 0.00810. The summed E-state index contributed by atoms with van der Waals surface area (Å²) in [6.07, 6.45) is -7.62. The molecule has 0 saturated carbocycles. The lowest BCUT2D eigenvalue weighted by molar-refractivity contribution is -0.138. The summed E-state index contributed by atoms with van der Waals surface area (Å²) in [4.78, 5) is 60.5. The van der Waals surface area contributed by atoms with E-state index >= 15 is 0 Å². The molecule has 338 valence electrons. The molecule has 0 aliphatic carbocycles. The first-order valence-electron chi connectivity index (χ1n) is 18.6. The van der Waals surface area contributed by atoms with Gasteiger partial charge < -0.3 is 54.8 Å². The fourth-order valence-electron chi connectivity index (χ4n) is 5.21. The summed E-state index contributed by atoms with van der Waals surface area (Å²) in [5, 5.41) is 29.4. The number of carbonyl (C=O) groups excluding carboxylic acids is 4. The van der Waals surface area contributed by atoms with Crippen LogP contribution in [-0.4, -0.2) is 83.2 Å². The van der Waals surface area contributed by atoms with Crippen molar-refractivity contribution in [2.24, 2.45) is 22.9 Å². The first-order valence-corrected chi connectivity index (χ1v) is 20.6. The van der Waals surface area contributed by atoms with Crippen LogP contribution in [0.4, 0.5) is 49.1 Å². The number of hydrogen-bond acceptors (Lipinski definition) is 12. The van der Waals surface area contributed by atoms with E-state index in [1.807, 2.05) is 0 Å². The minimum Gasteiger partial charge on any atom is -0.370 e. The molecule has 18 nitrogen and oxygen atoms in total. The van der Waals surface area contributed by atoms with E-state index in [2.05, 4.69) is 41.9 Å². The number of benzene rings is 2. The molecule has 62 heavy (non-hydrogen) atoms. The zero-order valence-corrected chi connectivity index (χ0v) is 34.5. The maximum Gasteiger partial charge on any atom is 0.416 e. The third kappa shape index (κ3) is 16.5. The van der Waals surface area contributed by atoms with Crippen LogP contribution in [0.1, 0.15) is 70.6 Å². The molecule has 2 aromatic carbocycles. The first kappa shape index (κ1) is 50.5. The molecule has 0 fully saturated rings. The number of nitrogens with zero attached hydrogens (tertiary/aromatic N) is 2. The number of thioether (sulfide) groups is 2. The second-order valence-electron chi connectivity index (χ2n) is 13.0. The number of anilines is 4. The number of hydrogen-bond donors (Lipinski definition) is 12. The van der Waals surface area contributed by atoms with Crippen molar-refractivity contribution in [2.45, 2.75) is 60.7 Å². The van der Waals surface area contributed by atoms with Crippen LogP contribution in [0.5, 0.6) is 0 Å². The standard InChI is InChI=1S/C36H46F6N14O4S2/c37-35(38,39)19-13-21(53-27(57)5-1-3-7-43)29(61-11-9-49-33(45)46)23(15-19)55-31(59)25-17-26(52-18-51-25)32(60)56-24-16-20(36(40,41)42)14-22(54-28(58)6-2-4-8-44)30(24)62-12-10-50-34(47)48/h13-18H,1-12,43-44H2,(H,53,57)(H,54,58)(H,55,59)(H,56,60)(H4,45,46,49)(H4,47,48,50). The Hall–Kier alpha value is -5.86. The van der Waals surface area contributed by atoms with Gasteiger partial charge in [-0.3, -0.25) is 30.0 Å². The molecule has 0 atom stereocenters. The lowest BCUT2D eigenvalue weighted by atomic mass is 10.1. The summed E-state index contributed by atoms with van der Waals surface area (Å²) in [7, 11) is 0. The van der Waals surface area contributed by atoms with E-state index in [4.69, 9.17) is 33.8 Å². The van der Waals surface area contributed by atoms with Gasteiger partial charge >= 0.3 is 12.4 Å². The smallest absolute Gasteiger partial charge is 0.370 e. The highest BCUT2D eigenvalue weighted by Crippen LogP contribution is 2.43. The molecule has 1 aromatic heterocycles. The number of guanidine groups is 2. The number of halogens is 6. The molecule has 4 amide bonds. The number of nitrogens with two attached hydrogens (primary N) is 4. The van der Waals surface area contributed by atoms with E-state index in [1.165, 1.54) is 0 Å². The molecule has 0 aliphatic heterocycles. The van der Waals surface area contributed by atoms with Crippen LogP contribution in [0, 0.1) is 10.8 Å². The Kier molecular flexibility index (Phi) is 19.5. The molecule has 0 saturated heterocycles. The van der Waals surface area contributed by atoms with E-state index in [1.54, 1.807) is 0 Å². The van der Waals surface area contributed by atoms with Crippen LogP contribution in [0.25, 0.3) is 0 Å². The van der Waals surface area contributed by atoms with Crippen molar-refractivity contribution in [3.05, 3.63) is 59.2 Å². The zero-order valence-electron chi connectivity index (χ0n) is 32.9. The van der Waals surface area contributed by atoms with Crippen molar-refractivity contribution in [2.75, 3.05) is 59.0 Å². The van der Waals surface area contributed by atoms with E-state index in [0.29, 0.717) is 49.9 Å². The van der Waals surface area contributed by atoms with Gasteiger partial charge in [-0.25, -0.2) is 9.97 Å². The summed E-state index contributed by atoms with van der Waals surface area (Å²) < 4.78 is 85.0. The Morgan fingerprint density at radius 2 is 0.935 bits per heavy atom. The van der Waals surface area contributed by atoms with E-state index < -0.39 is 69.9 Å². The predicted octanol–water partition coefficient (Wildman–Crippen LogP) is 4.30. The SMILES string of the molecule is N=C(N)NCCSc1c(NC(=O)CCCCN)cc(C(F)(F)F)cc1NC(=O)c1cc(C(=O)Nc2cc(C(F)(F)F)cc(NC(=O)CCCCN)c2SCCNC(=N)N)ncn1. The highest BCUT2D eigenvalue weighted by Gasteiger charge is 2.34. The van der Waals surface area contributed by atoms with Crippen LogP contribution in [-0.2, 0) is 21.9 Å². The second-order valence-corrected chi connectivity index (χ2v) is 15.2. The average Bonchev–Trinajstić information content (AvgIpc) is 3.18. The fourth-order valence-corrected chi connectivity index (χ4v) is 7.09. The summed E-state index contributed by atoms with van der Waals surface area (Å²) >= 11 is 1.82. The molecule has 16 N–H and O–H groups in total. The van der Waals surface area contributed by atoms with E-state index in [0.717, 1.165) is 35.9 Å². The van der Waals surface area contributed by atoms with Gasteiger partial charge in [0.25, 0.3) is 11.8 Å². The number of aromatic nitrogens is 2. The molecule has 0 bridgehead atoms. The summed E-state index contributed by atoms with van der Waals surface area (Å²) in [6.45, 7) is 0.694. The number of amides is 4. The number of carbonyl (C=O) groups is 4. The van der Waals surface area contributed by atoms with Gasteiger partial charge in [0.2, 0.25) is 11.8 Å². The normalized spacial score (nSPS) is 11.4. The quantitative estimate of drug-likeness (QED) is 0.0220. The molecule has 0 aliphatic rings. The highest BCUT2D eigenvalue weighted by atomic mass is 32.2. The van der Waals surface area contributed by atoms with Crippen LogP contribution < -0.4 is 54.8 Å². The van der Waals surface area contributed by atoms with E-state index in [-0.39, 0.29) is 83.6 Å². The van der Waals surface area contributed by atoms with Gasteiger partial charge in [0.15, 0.2) is 11.9 Å². The average molecular weight is 917 g/mol. The second kappa shape index (κ2) is 24.0. The van der Waals surface area contributed by atoms with Crippen LogP contribution in [0.2, 0.25) is 0 Å². The van der Waals surface area contributed by atoms with Gasteiger partial charge in [-0.1, -0.05) is 0 Å². The number of nitrogens with one attached hydrogen (secondary N) is 8. The summed E-state index contributed by atoms with van der Waals surface area (Å²) in [5.41, 5.74) is 16.6. The Labute approximate surface area is 359 Å². The van der Waals surface area contributed by atoms with Gasteiger partial charge in [0, 0.05) is 43.5 Å². The van der Waals surface area contributed by atoms with E-state index in [9.17, 15) is 45.5 Å². The fraction of sp³-hybridized carbons (Fsp3) is 0.389. The monoisotopic (exact) mass is 916 g/mol. The summed E-state index contributed by atoms with van der Waals surface area (Å²) in [6, 6.07) is 3.50.